The predicted molar refractivity (Wildman–Crippen MR) is 65.1 cm³/mol. The summed E-state index contributed by atoms with van der Waals surface area (Å²) >= 11 is 0. The molecule has 0 aromatic carbocycles. The van der Waals surface area contributed by atoms with Crippen LogP contribution in [-0.2, 0) is 4.79 Å². The van der Waals surface area contributed by atoms with Gasteiger partial charge in [-0.2, -0.15) is 0 Å². The van der Waals surface area contributed by atoms with Crippen LogP contribution in [0.4, 0.5) is 0 Å². The molecule has 1 heterocycles. The molecule has 1 fully saturated rings. The zero-order valence-corrected chi connectivity index (χ0v) is 10.8. The van der Waals surface area contributed by atoms with Gasteiger partial charge in [0.1, 0.15) is 6.10 Å². The Morgan fingerprint density at radius 2 is 1.88 bits per heavy atom. The van der Waals surface area contributed by atoms with Crippen LogP contribution < -0.4 is 0 Å². The predicted octanol–water partition coefficient (Wildman–Crippen LogP) is 2.04. The summed E-state index contributed by atoms with van der Waals surface area (Å²) in [6, 6.07) is 0. The summed E-state index contributed by atoms with van der Waals surface area (Å²) in [5, 5.41) is 9.51. The summed E-state index contributed by atoms with van der Waals surface area (Å²) in [6.07, 6.45) is 3.13. The molecule has 0 aromatic rings. The average molecular weight is 227 g/mol. The van der Waals surface area contributed by atoms with Crippen molar-refractivity contribution in [3.05, 3.63) is 0 Å². The zero-order valence-electron chi connectivity index (χ0n) is 10.8. The van der Waals surface area contributed by atoms with Crippen molar-refractivity contribution in [2.45, 2.75) is 52.6 Å². The number of hydrogen-bond acceptors (Lipinski definition) is 2. The van der Waals surface area contributed by atoms with E-state index in [1.807, 2.05) is 11.8 Å². The monoisotopic (exact) mass is 227 g/mol. The van der Waals surface area contributed by atoms with Crippen molar-refractivity contribution in [3.8, 4) is 0 Å². The Morgan fingerprint density at radius 1 is 1.31 bits per heavy atom. The third-order valence-corrected chi connectivity index (χ3v) is 3.97. The molecule has 0 saturated carbocycles. The first-order chi connectivity index (χ1) is 7.60. The van der Waals surface area contributed by atoms with Crippen molar-refractivity contribution in [1.29, 1.82) is 0 Å². The number of aliphatic hydroxyl groups is 1. The molecule has 94 valence electrons. The van der Waals surface area contributed by atoms with Crippen molar-refractivity contribution in [2.75, 3.05) is 13.1 Å². The van der Waals surface area contributed by atoms with Crippen molar-refractivity contribution in [1.82, 2.24) is 4.90 Å². The van der Waals surface area contributed by atoms with Crippen molar-refractivity contribution >= 4 is 5.91 Å². The summed E-state index contributed by atoms with van der Waals surface area (Å²) in [4.78, 5) is 13.6. The minimum atomic E-state index is -0.792. The first-order valence-corrected chi connectivity index (χ1v) is 6.56. The third kappa shape index (κ3) is 3.21. The van der Waals surface area contributed by atoms with Gasteiger partial charge in [-0.3, -0.25) is 4.79 Å². The van der Waals surface area contributed by atoms with Crippen LogP contribution in [0.5, 0.6) is 0 Å². The number of amides is 1. The average Bonchev–Trinajstić information content (AvgIpc) is 2.36. The van der Waals surface area contributed by atoms with Gasteiger partial charge in [-0.15, -0.1) is 0 Å². The second-order valence-electron chi connectivity index (χ2n) is 4.97. The fraction of sp³-hybridized carbons (Fsp3) is 0.923. The van der Waals surface area contributed by atoms with Crippen molar-refractivity contribution in [2.24, 2.45) is 11.8 Å². The maximum Gasteiger partial charge on any atom is 0.251 e. The molecule has 3 nitrogen and oxygen atoms in total. The van der Waals surface area contributed by atoms with Crippen LogP contribution in [0.3, 0.4) is 0 Å². The molecular formula is C13H25NO2. The number of likely N-dealkylation sites (tertiary alicyclic amines) is 1. The van der Waals surface area contributed by atoms with Crippen molar-refractivity contribution < 1.29 is 9.90 Å². The van der Waals surface area contributed by atoms with E-state index in [0.717, 1.165) is 37.8 Å². The lowest BCUT2D eigenvalue weighted by Crippen LogP contribution is -2.44. The Morgan fingerprint density at radius 3 is 2.31 bits per heavy atom. The van der Waals surface area contributed by atoms with E-state index in [2.05, 4.69) is 13.8 Å². The van der Waals surface area contributed by atoms with Gasteiger partial charge in [0, 0.05) is 13.1 Å². The standard InChI is InChI=1S/C13H25NO2/c1-4-10(3)11-6-8-14(9-7-11)13(16)12(15)5-2/h10-12,15H,4-9H2,1-3H3/t10-,12+/m0/s1. The number of piperidine rings is 1. The van der Waals surface area contributed by atoms with Crippen LogP contribution in [0.1, 0.15) is 46.5 Å². The summed E-state index contributed by atoms with van der Waals surface area (Å²) in [5.41, 5.74) is 0. The molecule has 1 aliphatic rings. The fourth-order valence-corrected chi connectivity index (χ4v) is 2.41. The second-order valence-corrected chi connectivity index (χ2v) is 4.97. The summed E-state index contributed by atoms with van der Waals surface area (Å²) < 4.78 is 0. The van der Waals surface area contributed by atoms with Gasteiger partial charge in [0.25, 0.3) is 5.91 Å². The molecule has 0 aliphatic carbocycles. The van der Waals surface area contributed by atoms with E-state index in [1.165, 1.54) is 6.42 Å². The second kappa shape index (κ2) is 6.24. The van der Waals surface area contributed by atoms with E-state index in [0.29, 0.717) is 6.42 Å². The Kier molecular flexibility index (Phi) is 5.26. The number of nitrogens with zero attached hydrogens (tertiary/aromatic N) is 1. The van der Waals surface area contributed by atoms with E-state index in [4.69, 9.17) is 0 Å². The number of aliphatic hydroxyl groups excluding tert-OH is 1. The largest absolute Gasteiger partial charge is 0.383 e. The van der Waals surface area contributed by atoms with E-state index >= 15 is 0 Å². The number of carbonyl (C=O) groups excluding carboxylic acids is 1. The van der Waals surface area contributed by atoms with Gasteiger partial charge in [-0.25, -0.2) is 0 Å². The van der Waals surface area contributed by atoms with Crippen LogP contribution in [-0.4, -0.2) is 35.1 Å². The first-order valence-electron chi connectivity index (χ1n) is 6.56. The smallest absolute Gasteiger partial charge is 0.251 e. The highest BCUT2D eigenvalue weighted by atomic mass is 16.3. The zero-order chi connectivity index (χ0) is 12.1. The fourth-order valence-electron chi connectivity index (χ4n) is 2.41. The molecule has 0 aromatic heterocycles. The van der Waals surface area contributed by atoms with Gasteiger partial charge in [-0.05, 0) is 31.1 Å². The van der Waals surface area contributed by atoms with Gasteiger partial charge < -0.3 is 10.0 Å². The number of carbonyl (C=O) groups is 1. The molecule has 1 saturated heterocycles. The van der Waals surface area contributed by atoms with Gasteiger partial charge in [0.05, 0.1) is 0 Å². The number of hydrogen-bond donors (Lipinski definition) is 1. The molecule has 1 amide bonds. The highest BCUT2D eigenvalue weighted by molar-refractivity contribution is 5.80. The molecule has 1 aliphatic heterocycles. The van der Waals surface area contributed by atoms with Crippen LogP contribution in [0.25, 0.3) is 0 Å². The molecule has 16 heavy (non-hydrogen) atoms. The first kappa shape index (κ1) is 13.5. The maximum absolute atomic E-state index is 11.8. The molecule has 0 radical (unpaired) electrons. The molecule has 0 unspecified atom stereocenters. The molecule has 1 N–H and O–H groups in total. The Labute approximate surface area is 98.8 Å². The molecule has 0 spiro atoms. The minimum Gasteiger partial charge on any atom is -0.383 e. The van der Waals surface area contributed by atoms with E-state index in [1.54, 1.807) is 0 Å². The van der Waals surface area contributed by atoms with Crippen LogP contribution in [0, 0.1) is 11.8 Å². The topological polar surface area (TPSA) is 40.5 Å². The maximum atomic E-state index is 11.8. The van der Waals surface area contributed by atoms with Gasteiger partial charge in [-0.1, -0.05) is 27.2 Å². The molecule has 2 atom stereocenters. The Hall–Kier alpha value is -0.570. The normalized spacial score (nSPS) is 21.9. The van der Waals surface area contributed by atoms with Crippen LogP contribution >= 0.6 is 0 Å². The lowest BCUT2D eigenvalue weighted by molar-refractivity contribution is -0.141. The van der Waals surface area contributed by atoms with Crippen LogP contribution in [0.2, 0.25) is 0 Å². The Balaban J connectivity index is 2.40. The van der Waals surface area contributed by atoms with Crippen molar-refractivity contribution in [3.63, 3.8) is 0 Å². The molecule has 3 heteroatoms. The van der Waals surface area contributed by atoms with Gasteiger partial charge in [0.2, 0.25) is 0 Å². The van der Waals surface area contributed by atoms with E-state index < -0.39 is 6.10 Å². The third-order valence-electron chi connectivity index (χ3n) is 3.97. The lowest BCUT2D eigenvalue weighted by atomic mass is 9.84. The van der Waals surface area contributed by atoms with Gasteiger partial charge in [0.15, 0.2) is 0 Å². The minimum absolute atomic E-state index is 0.0786. The molecule has 0 bridgehead atoms. The summed E-state index contributed by atoms with van der Waals surface area (Å²) in [6.45, 7) is 8.01. The SMILES string of the molecule is CC[C@@H](O)C(=O)N1CCC([C@@H](C)CC)CC1. The van der Waals surface area contributed by atoms with E-state index in [-0.39, 0.29) is 5.91 Å². The van der Waals surface area contributed by atoms with Crippen LogP contribution in [0.15, 0.2) is 0 Å². The molecule has 1 rings (SSSR count). The highest BCUT2D eigenvalue weighted by Gasteiger charge is 2.27. The summed E-state index contributed by atoms with van der Waals surface area (Å²) in [7, 11) is 0. The number of rotatable bonds is 4. The van der Waals surface area contributed by atoms with Gasteiger partial charge >= 0.3 is 0 Å². The van der Waals surface area contributed by atoms with E-state index in [9.17, 15) is 9.90 Å². The lowest BCUT2D eigenvalue weighted by Gasteiger charge is -2.35. The Bertz CT molecular complexity index is 222. The molecular weight excluding hydrogens is 202 g/mol. The highest BCUT2D eigenvalue weighted by Crippen LogP contribution is 2.27. The summed E-state index contributed by atoms with van der Waals surface area (Å²) in [5.74, 6) is 1.44. The quantitative estimate of drug-likeness (QED) is 0.798.